The van der Waals surface area contributed by atoms with Crippen molar-refractivity contribution in [1.29, 1.82) is 10.8 Å². The molecule has 1 aliphatic rings. The van der Waals surface area contributed by atoms with Gasteiger partial charge in [-0.15, -0.1) is 6.42 Å². The van der Waals surface area contributed by atoms with Gasteiger partial charge in [0, 0.05) is 23.7 Å². The second-order valence-corrected chi connectivity index (χ2v) is 9.20. The first kappa shape index (κ1) is 30.7. The summed E-state index contributed by atoms with van der Waals surface area (Å²) in [5, 5.41) is 20.6. The number of hydrogen-bond donors (Lipinski definition) is 3. The van der Waals surface area contributed by atoms with Crippen LogP contribution in [0.3, 0.4) is 0 Å². The molecule has 3 unspecified atom stereocenters. The summed E-state index contributed by atoms with van der Waals surface area (Å²) in [5.74, 6) is 3.83. The van der Waals surface area contributed by atoms with Crippen molar-refractivity contribution in [3.05, 3.63) is 29.8 Å². The van der Waals surface area contributed by atoms with E-state index in [0.717, 1.165) is 24.2 Å². The highest BCUT2D eigenvalue weighted by atomic mass is 16.6. The number of hydrogen-bond acceptors (Lipinski definition) is 8. The average Bonchev–Trinajstić information content (AvgIpc) is 3.28. The lowest BCUT2D eigenvalue weighted by atomic mass is 10.0. The third-order valence-corrected chi connectivity index (χ3v) is 6.06. The molecular formula is C28H44N4O5. The molecule has 1 saturated heterocycles. The van der Waals surface area contributed by atoms with Gasteiger partial charge in [0.2, 0.25) is 0 Å². The molecule has 1 aliphatic heterocycles. The van der Waals surface area contributed by atoms with Gasteiger partial charge in [-0.2, -0.15) is 0 Å². The van der Waals surface area contributed by atoms with Gasteiger partial charge in [-0.25, -0.2) is 0 Å². The molecule has 1 fully saturated rings. The molecule has 206 valence electrons. The summed E-state index contributed by atoms with van der Waals surface area (Å²) in [4.78, 5) is 1.80. The predicted molar refractivity (Wildman–Crippen MR) is 146 cm³/mol. The zero-order valence-electron chi connectivity index (χ0n) is 22.6. The van der Waals surface area contributed by atoms with Crippen molar-refractivity contribution in [2.45, 2.75) is 58.2 Å². The van der Waals surface area contributed by atoms with Crippen LogP contribution in [0.1, 0.15) is 45.6 Å². The molecule has 9 nitrogen and oxygen atoms in total. The van der Waals surface area contributed by atoms with Gasteiger partial charge in [-0.3, -0.25) is 10.8 Å². The summed E-state index contributed by atoms with van der Waals surface area (Å²) < 4.78 is 27.2. The molecule has 37 heavy (non-hydrogen) atoms. The number of rotatable bonds is 18. The first-order valence-corrected chi connectivity index (χ1v) is 13.1. The Morgan fingerprint density at radius 1 is 0.973 bits per heavy atom. The number of nitrogens with zero attached hydrogens (tertiary/aromatic N) is 1. The number of benzene rings is 1. The smallest absolute Gasteiger partial charge is 0.133 e. The monoisotopic (exact) mass is 516 g/mol. The molecule has 0 aliphatic carbocycles. The van der Waals surface area contributed by atoms with Gasteiger partial charge in [0.05, 0.1) is 52.1 Å². The first-order valence-electron chi connectivity index (χ1n) is 13.1. The SMILES string of the molecule is C#CCOCCOCCOCCOCCOc1ccc(C(=N)N(C(C)=N)C(C)CC2CCC(C)N2)cc1. The van der Waals surface area contributed by atoms with Gasteiger partial charge in [0.15, 0.2) is 0 Å². The standard InChI is InChI=1S/C28H44N4O5/c1-5-12-33-13-14-34-15-16-35-17-18-36-19-20-37-27-10-7-25(8-11-27)28(30)32(24(4)29)23(3)21-26-9-6-22(2)31-26/h1,7-8,10-11,22-23,26,29-31H,6,9,12-21H2,2-4H3. The van der Waals surface area contributed by atoms with Gasteiger partial charge in [0.1, 0.15) is 24.8 Å². The maximum atomic E-state index is 8.72. The van der Waals surface area contributed by atoms with E-state index in [4.69, 9.17) is 40.9 Å². The number of terminal acetylenes is 1. The number of nitrogens with one attached hydrogen (secondary N) is 3. The summed E-state index contributed by atoms with van der Waals surface area (Å²) in [7, 11) is 0. The van der Waals surface area contributed by atoms with Gasteiger partial charge >= 0.3 is 0 Å². The molecule has 0 aromatic heterocycles. The molecule has 0 radical (unpaired) electrons. The van der Waals surface area contributed by atoms with Crippen LogP contribution in [0.25, 0.3) is 0 Å². The minimum absolute atomic E-state index is 0.0659. The van der Waals surface area contributed by atoms with Crippen molar-refractivity contribution < 1.29 is 23.7 Å². The lowest BCUT2D eigenvalue weighted by molar-refractivity contribution is -0.00187. The normalized spacial score (nSPS) is 17.8. The van der Waals surface area contributed by atoms with Crippen molar-refractivity contribution in [2.24, 2.45) is 0 Å². The van der Waals surface area contributed by atoms with Crippen LogP contribution in [0, 0.1) is 23.2 Å². The number of amidine groups is 2. The zero-order valence-corrected chi connectivity index (χ0v) is 22.6. The van der Waals surface area contributed by atoms with Crippen LogP contribution in [0.15, 0.2) is 24.3 Å². The first-order chi connectivity index (χ1) is 17.9. The molecule has 2 rings (SSSR count). The summed E-state index contributed by atoms with van der Waals surface area (Å²) in [6, 6.07) is 8.49. The number of ether oxygens (including phenoxy) is 5. The largest absolute Gasteiger partial charge is 0.491 e. The molecule has 1 aromatic carbocycles. The Morgan fingerprint density at radius 3 is 2.05 bits per heavy atom. The maximum Gasteiger partial charge on any atom is 0.133 e. The summed E-state index contributed by atoms with van der Waals surface area (Å²) in [6.45, 7) is 10.2. The van der Waals surface area contributed by atoms with Crippen LogP contribution in [0.5, 0.6) is 5.75 Å². The molecule has 0 amide bonds. The van der Waals surface area contributed by atoms with Crippen molar-refractivity contribution in [2.75, 3.05) is 59.5 Å². The van der Waals surface area contributed by atoms with Crippen LogP contribution < -0.4 is 10.1 Å². The van der Waals surface area contributed by atoms with Crippen LogP contribution in [0.4, 0.5) is 0 Å². The summed E-state index contributed by atoms with van der Waals surface area (Å²) >= 11 is 0. The maximum absolute atomic E-state index is 8.72. The fraction of sp³-hybridized carbons (Fsp3) is 0.643. The van der Waals surface area contributed by atoms with E-state index in [9.17, 15) is 0 Å². The third kappa shape index (κ3) is 12.1. The second-order valence-electron chi connectivity index (χ2n) is 9.20. The Balaban J connectivity index is 1.60. The van der Waals surface area contributed by atoms with Crippen LogP contribution in [-0.4, -0.2) is 94.2 Å². The van der Waals surface area contributed by atoms with Crippen molar-refractivity contribution in [1.82, 2.24) is 10.2 Å². The van der Waals surface area contributed by atoms with E-state index < -0.39 is 0 Å². The van der Waals surface area contributed by atoms with Crippen molar-refractivity contribution in [3.8, 4) is 18.1 Å². The molecule has 0 saturated carbocycles. The van der Waals surface area contributed by atoms with E-state index in [1.807, 2.05) is 24.3 Å². The van der Waals surface area contributed by atoms with Gasteiger partial charge in [0.25, 0.3) is 0 Å². The third-order valence-electron chi connectivity index (χ3n) is 6.06. The highest BCUT2D eigenvalue weighted by Gasteiger charge is 2.27. The zero-order chi connectivity index (χ0) is 26.9. The fourth-order valence-corrected chi connectivity index (χ4v) is 4.30. The van der Waals surface area contributed by atoms with E-state index in [-0.39, 0.29) is 6.04 Å². The van der Waals surface area contributed by atoms with Crippen LogP contribution in [-0.2, 0) is 18.9 Å². The Kier molecular flexibility index (Phi) is 14.9. The quantitative estimate of drug-likeness (QED) is 0.119. The molecule has 1 aromatic rings. The molecule has 1 heterocycles. The van der Waals surface area contributed by atoms with Gasteiger partial charge < -0.3 is 33.9 Å². The Bertz CT molecular complexity index is 842. The Morgan fingerprint density at radius 2 is 1.54 bits per heavy atom. The van der Waals surface area contributed by atoms with E-state index in [2.05, 4.69) is 25.1 Å². The molecule has 9 heteroatoms. The van der Waals surface area contributed by atoms with E-state index in [1.165, 1.54) is 6.42 Å². The molecule has 3 atom stereocenters. The van der Waals surface area contributed by atoms with Crippen molar-refractivity contribution in [3.63, 3.8) is 0 Å². The average molecular weight is 517 g/mol. The highest BCUT2D eigenvalue weighted by Crippen LogP contribution is 2.21. The van der Waals surface area contributed by atoms with Crippen LogP contribution in [0.2, 0.25) is 0 Å². The Hall–Kier alpha value is -2.48. The van der Waals surface area contributed by atoms with Crippen molar-refractivity contribution >= 4 is 11.7 Å². The topological polar surface area (TPSA) is 109 Å². The minimum Gasteiger partial charge on any atom is -0.491 e. The van der Waals surface area contributed by atoms with Crippen LogP contribution >= 0.6 is 0 Å². The lowest BCUT2D eigenvalue weighted by Crippen LogP contribution is -2.44. The molecule has 0 spiro atoms. The van der Waals surface area contributed by atoms with E-state index >= 15 is 0 Å². The highest BCUT2D eigenvalue weighted by molar-refractivity contribution is 6.06. The van der Waals surface area contributed by atoms with Gasteiger partial charge in [-0.05, 0) is 64.3 Å². The predicted octanol–water partition coefficient (Wildman–Crippen LogP) is 3.31. The summed E-state index contributed by atoms with van der Waals surface area (Å²) in [6.07, 6.45) is 8.32. The minimum atomic E-state index is 0.0659. The fourth-order valence-electron chi connectivity index (χ4n) is 4.30. The Labute approximate surface area is 222 Å². The molecule has 3 N–H and O–H groups in total. The van der Waals surface area contributed by atoms with Gasteiger partial charge in [-0.1, -0.05) is 5.92 Å². The van der Waals surface area contributed by atoms with E-state index in [0.29, 0.717) is 83.2 Å². The summed E-state index contributed by atoms with van der Waals surface area (Å²) in [5.41, 5.74) is 0.760. The molecular weight excluding hydrogens is 472 g/mol. The lowest BCUT2D eigenvalue weighted by Gasteiger charge is -2.32. The second kappa shape index (κ2) is 17.9. The molecule has 0 bridgehead atoms. The van der Waals surface area contributed by atoms with E-state index in [1.54, 1.807) is 11.8 Å².